The molecule has 1 rings (SSSR count). The van der Waals surface area contributed by atoms with Crippen LogP contribution in [-0.2, 0) is 4.79 Å². The van der Waals surface area contributed by atoms with E-state index < -0.39 is 10.9 Å². The lowest BCUT2D eigenvalue weighted by atomic mass is 9.94. The molecule has 1 unspecified atom stereocenters. The Kier molecular flexibility index (Phi) is 5.96. The molecule has 0 amide bonds. The Hall–Kier alpha value is -2.11. The zero-order valence-electron chi connectivity index (χ0n) is 11.7. The second-order valence-corrected chi connectivity index (χ2v) is 5.28. The zero-order chi connectivity index (χ0) is 15.1. The molecule has 0 saturated heterocycles. The van der Waals surface area contributed by atoms with Crippen molar-refractivity contribution >= 4 is 17.3 Å². The van der Waals surface area contributed by atoms with Gasteiger partial charge in [0.05, 0.1) is 4.92 Å². The lowest BCUT2D eigenvalue weighted by Crippen LogP contribution is -2.19. The molecule has 6 nitrogen and oxygen atoms in total. The number of aliphatic carboxylic acids is 1. The van der Waals surface area contributed by atoms with Crippen LogP contribution in [0.1, 0.15) is 26.7 Å². The monoisotopic (exact) mass is 280 g/mol. The molecule has 0 aliphatic heterocycles. The number of hydrogen-bond donors (Lipinski definition) is 2. The van der Waals surface area contributed by atoms with E-state index in [0.717, 1.165) is 6.42 Å². The molecule has 2 N–H and O–H groups in total. The molecule has 0 radical (unpaired) electrons. The summed E-state index contributed by atoms with van der Waals surface area (Å²) in [6.07, 6.45) is 0.897. The summed E-state index contributed by atoms with van der Waals surface area (Å²) in [5.41, 5.74) is 0.659. The number of carboxylic acid groups (broad SMARTS) is 1. The fourth-order valence-corrected chi connectivity index (χ4v) is 2.14. The minimum atomic E-state index is -0.823. The van der Waals surface area contributed by atoms with Gasteiger partial charge in [-0.25, -0.2) is 0 Å². The van der Waals surface area contributed by atoms with Crippen LogP contribution in [0.3, 0.4) is 0 Å². The highest BCUT2D eigenvalue weighted by atomic mass is 16.6. The summed E-state index contributed by atoms with van der Waals surface area (Å²) >= 11 is 0. The third-order valence-corrected chi connectivity index (χ3v) is 2.92. The van der Waals surface area contributed by atoms with Crippen LogP contribution in [0.25, 0.3) is 0 Å². The van der Waals surface area contributed by atoms with Gasteiger partial charge >= 0.3 is 5.97 Å². The van der Waals surface area contributed by atoms with Gasteiger partial charge in [0.15, 0.2) is 0 Å². The highest BCUT2D eigenvalue weighted by Crippen LogP contribution is 2.20. The van der Waals surface area contributed by atoms with Crippen molar-refractivity contribution in [1.82, 2.24) is 0 Å². The highest BCUT2D eigenvalue weighted by molar-refractivity contribution is 5.67. The Morgan fingerprint density at radius 2 is 2.15 bits per heavy atom. The van der Waals surface area contributed by atoms with E-state index in [4.69, 9.17) is 5.11 Å². The van der Waals surface area contributed by atoms with E-state index in [0.29, 0.717) is 18.2 Å². The van der Waals surface area contributed by atoms with E-state index in [1.807, 2.05) is 13.8 Å². The van der Waals surface area contributed by atoms with Crippen LogP contribution in [0.15, 0.2) is 24.3 Å². The van der Waals surface area contributed by atoms with E-state index in [2.05, 4.69) is 5.32 Å². The average molecular weight is 280 g/mol. The molecule has 6 heteroatoms. The van der Waals surface area contributed by atoms with Crippen LogP contribution in [0.5, 0.6) is 0 Å². The van der Waals surface area contributed by atoms with Crippen molar-refractivity contribution in [2.75, 3.05) is 11.9 Å². The van der Waals surface area contributed by atoms with E-state index >= 15 is 0 Å². The first kappa shape index (κ1) is 15.9. The summed E-state index contributed by atoms with van der Waals surface area (Å²) in [4.78, 5) is 21.1. The Morgan fingerprint density at radius 1 is 1.45 bits per heavy atom. The van der Waals surface area contributed by atoms with Crippen molar-refractivity contribution < 1.29 is 14.8 Å². The standard InChI is InChI=1S/C14H20N2O4/c1-10(2)6-11(7-14(17)18)9-15-12-4-3-5-13(8-12)16(19)20/h3-5,8,10-11,15H,6-7,9H2,1-2H3,(H,17,18). The number of nitrogens with zero attached hydrogens (tertiary/aromatic N) is 1. The summed E-state index contributed by atoms with van der Waals surface area (Å²) in [5.74, 6) is -0.408. The first-order valence-electron chi connectivity index (χ1n) is 6.58. The molecule has 1 aromatic carbocycles. The van der Waals surface area contributed by atoms with Crippen molar-refractivity contribution in [3.63, 3.8) is 0 Å². The topological polar surface area (TPSA) is 92.5 Å². The van der Waals surface area contributed by atoms with Gasteiger partial charge in [-0.05, 0) is 24.3 Å². The van der Waals surface area contributed by atoms with Crippen molar-refractivity contribution in [3.05, 3.63) is 34.4 Å². The normalized spacial score (nSPS) is 12.2. The van der Waals surface area contributed by atoms with E-state index in [1.165, 1.54) is 12.1 Å². The van der Waals surface area contributed by atoms with Crippen molar-refractivity contribution in [1.29, 1.82) is 0 Å². The molecule has 1 atom stereocenters. The van der Waals surface area contributed by atoms with Crippen LogP contribution in [-0.4, -0.2) is 22.5 Å². The lowest BCUT2D eigenvalue weighted by Gasteiger charge is -2.18. The molecule has 0 aromatic heterocycles. The molecular weight excluding hydrogens is 260 g/mol. The average Bonchev–Trinajstić information content (AvgIpc) is 2.35. The van der Waals surface area contributed by atoms with Gasteiger partial charge in [0.25, 0.3) is 5.69 Å². The van der Waals surface area contributed by atoms with Crippen LogP contribution in [0, 0.1) is 22.0 Å². The number of carbonyl (C=O) groups is 1. The molecule has 1 aromatic rings. The summed E-state index contributed by atoms with van der Waals surface area (Å²) in [6, 6.07) is 6.22. The predicted octanol–water partition coefficient (Wildman–Crippen LogP) is 3.14. The first-order valence-corrected chi connectivity index (χ1v) is 6.58. The van der Waals surface area contributed by atoms with Crippen molar-refractivity contribution in [2.45, 2.75) is 26.7 Å². The molecular formula is C14H20N2O4. The molecule has 0 spiro atoms. The molecule has 0 heterocycles. The SMILES string of the molecule is CC(C)CC(CNc1cccc([N+](=O)[O-])c1)CC(=O)O. The van der Waals surface area contributed by atoms with Crippen LogP contribution >= 0.6 is 0 Å². The van der Waals surface area contributed by atoms with Gasteiger partial charge in [-0.15, -0.1) is 0 Å². The maximum atomic E-state index is 10.8. The fraction of sp³-hybridized carbons (Fsp3) is 0.500. The second kappa shape index (κ2) is 7.47. The predicted molar refractivity (Wildman–Crippen MR) is 76.8 cm³/mol. The lowest BCUT2D eigenvalue weighted by molar-refractivity contribution is -0.384. The number of carboxylic acids is 1. The van der Waals surface area contributed by atoms with Crippen LogP contribution < -0.4 is 5.32 Å². The Morgan fingerprint density at radius 3 is 2.70 bits per heavy atom. The molecule has 110 valence electrons. The molecule has 0 aliphatic rings. The van der Waals surface area contributed by atoms with Gasteiger partial charge in [0.1, 0.15) is 0 Å². The molecule has 0 fully saturated rings. The van der Waals surface area contributed by atoms with Gasteiger partial charge in [-0.3, -0.25) is 14.9 Å². The number of non-ortho nitro benzene ring substituents is 1. The zero-order valence-corrected chi connectivity index (χ0v) is 11.7. The maximum Gasteiger partial charge on any atom is 0.303 e. The molecule has 0 aliphatic carbocycles. The summed E-state index contributed by atoms with van der Waals surface area (Å²) in [5, 5.41) is 22.7. The largest absolute Gasteiger partial charge is 0.481 e. The number of nitro benzene ring substituents is 1. The smallest absolute Gasteiger partial charge is 0.303 e. The van der Waals surface area contributed by atoms with Crippen molar-refractivity contribution in [3.8, 4) is 0 Å². The fourth-order valence-electron chi connectivity index (χ4n) is 2.14. The third kappa shape index (κ3) is 5.69. The van der Waals surface area contributed by atoms with Gasteiger partial charge in [0.2, 0.25) is 0 Å². The molecule has 0 bridgehead atoms. The summed E-state index contributed by atoms with van der Waals surface area (Å²) < 4.78 is 0. The molecule has 20 heavy (non-hydrogen) atoms. The quantitative estimate of drug-likeness (QED) is 0.563. The minimum Gasteiger partial charge on any atom is -0.481 e. The number of nitro groups is 1. The summed E-state index contributed by atoms with van der Waals surface area (Å²) in [7, 11) is 0. The number of nitrogens with one attached hydrogen (secondary N) is 1. The van der Waals surface area contributed by atoms with Crippen LogP contribution in [0.4, 0.5) is 11.4 Å². The van der Waals surface area contributed by atoms with Crippen LogP contribution in [0.2, 0.25) is 0 Å². The molecule has 0 saturated carbocycles. The van der Waals surface area contributed by atoms with Gasteiger partial charge in [0, 0.05) is 30.8 Å². The van der Waals surface area contributed by atoms with E-state index in [-0.39, 0.29) is 18.0 Å². The van der Waals surface area contributed by atoms with E-state index in [9.17, 15) is 14.9 Å². The Balaban J connectivity index is 2.64. The van der Waals surface area contributed by atoms with Gasteiger partial charge in [-0.2, -0.15) is 0 Å². The highest BCUT2D eigenvalue weighted by Gasteiger charge is 2.15. The van der Waals surface area contributed by atoms with Crippen molar-refractivity contribution in [2.24, 2.45) is 11.8 Å². The maximum absolute atomic E-state index is 10.8. The second-order valence-electron chi connectivity index (χ2n) is 5.28. The summed E-state index contributed by atoms with van der Waals surface area (Å²) in [6.45, 7) is 4.58. The number of anilines is 1. The Labute approximate surface area is 118 Å². The van der Waals surface area contributed by atoms with E-state index in [1.54, 1.807) is 12.1 Å². The van der Waals surface area contributed by atoms with Gasteiger partial charge < -0.3 is 10.4 Å². The minimum absolute atomic E-state index is 0.00626. The third-order valence-electron chi connectivity index (χ3n) is 2.92. The number of benzene rings is 1. The van der Waals surface area contributed by atoms with Gasteiger partial charge in [-0.1, -0.05) is 19.9 Å². The Bertz CT molecular complexity index is 474. The number of hydrogen-bond acceptors (Lipinski definition) is 4. The number of rotatable bonds is 8. The first-order chi connectivity index (χ1) is 9.38.